The summed E-state index contributed by atoms with van der Waals surface area (Å²) >= 11 is 3.37. The minimum atomic E-state index is -0.716. The predicted molar refractivity (Wildman–Crippen MR) is 125 cm³/mol. The van der Waals surface area contributed by atoms with Crippen LogP contribution >= 0.6 is 15.9 Å². The van der Waals surface area contributed by atoms with Gasteiger partial charge in [-0.05, 0) is 52.4 Å². The van der Waals surface area contributed by atoms with Crippen molar-refractivity contribution < 1.29 is 9.53 Å². The smallest absolute Gasteiger partial charge is 0.327 e. The Hall–Kier alpha value is -1.72. The van der Waals surface area contributed by atoms with Crippen molar-refractivity contribution in [2.75, 3.05) is 13.6 Å². The molecule has 0 unspecified atom stereocenters. The number of alkyl halides is 1. The third-order valence-electron chi connectivity index (χ3n) is 4.09. The van der Waals surface area contributed by atoms with Crippen molar-refractivity contribution in [1.29, 1.82) is 0 Å². The van der Waals surface area contributed by atoms with E-state index in [9.17, 15) is 4.79 Å². The molecule has 0 spiro atoms. The van der Waals surface area contributed by atoms with Crippen molar-refractivity contribution in [2.24, 2.45) is 0 Å². The van der Waals surface area contributed by atoms with Gasteiger partial charge < -0.3 is 9.64 Å². The fourth-order valence-corrected chi connectivity index (χ4v) is 2.82. The van der Waals surface area contributed by atoms with Crippen LogP contribution in [0.1, 0.15) is 56.5 Å². The molecule has 4 nitrogen and oxygen atoms in total. The molecule has 2 aromatic rings. The van der Waals surface area contributed by atoms with Gasteiger partial charge >= 0.3 is 5.97 Å². The molecule has 0 N–H and O–H groups in total. The Kier molecular flexibility index (Phi) is 10.5. The van der Waals surface area contributed by atoms with Gasteiger partial charge in [-0.25, -0.2) is 0 Å². The molecule has 1 aromatic carbocycles. The maximum absolute atomic E-state index is 12.3. The Morgan fingerprint density at radius 1 is 1.21 bits per heavy atom. The number of carbonyl (C=O) groups is 1. The molecule has 0 amide bonds. The lowest BCUT2D eigenvalue weighted by Crippen LogP contribution is -2.30. The lowest BCUT2D eigenvalue weighted by atomic mass is 10.0. The van der Waals surface area contributed by atoms with Crippen LogP contribution in [0.2, 0.25) is 0 Å². The van der Waals surface area contributed by atoms with Gasteiger partial charge in [-0.15, -0.1) is 0 Å². The largest absolute Gasteiger partial charge is 0.425 e. The van der Waals surface area contributed by atoms with Crippen LogP contribution in [0.25, 0.3) is 0 Å². The summed E-state index contributed by atoms with van der Waals surface area (Å²) < 4.78 is 5.02. The molecule has 0 aliphatic rings. The Morgan fingerprint density at radius 2 is 1.86 bits per heavy atom. The minimum Gasteiger partial charge on any atom is -0.425 e. The summed E-state index contributed by atoms with van der Waals surface area (Å²) in [5.74, 6) is 0.375. The molecule has 1 aromatic heterocycles. The fraction of sp³-hybridized carbons (Fsp3) is 0.500. The van der Waals surface area contributed by atoms with Gasteiger partial charge in [-0.1, -0.05) is 60.0 Å². The quantitative estimate of drug-likeness (QED) is 0.293. The van der Waals surface area contributed by atoms with E-state index >= 15 is 0 Å². The molecule has 2 rings (SSSR count). The number of ether oxygens (including phenoxy) is 1. The highest BCUT2D eigenvalue weighted by molar-refractivity contribution is 9.10. The van der Waals surface area contributed by atoms with Gasteiger partial charge in [-0.3, -0.25) is 9.78 Å². The van der Waals surface area contributed by atoms with Gasteiger partial charge in [0.05, 0.1) is 0 Å². The van der Waals surface area contributed by atoms with E-state index in [0.717, 1.165) is 35.3 Å². The summed E-state index contributed by atoms with van der Waals surface area (Å²) in [7, 11) is 2.07. The number of rotatable bonds is 7. The number of aryl methyl sites for hydroxylation is 2. The number of aromatic nitrogens is 1. The molecule has 29 heavy (non-hydrogen) atoms. The summed E-state index contributed by atoms with van der Waals surface area (Å²) in [5.41, 5.74) is 4.24. The van der Waals surface area contributed by atoms with Crippen LogP contribution in [0.3, 0.4) is 0 Å². The summed E-state index contributed by atoms with van der Waals surface area (Å²) in [6.07, 6.45) is 3.95. The molecule has 1 heterocycles. The maximum atomic E-state index is 12.3. The number of pyridine rings is 1. The fourth-order valence-electron chi connectivity index (χ4n) is 2.74. The first-order chi connectivity index (χ1) is 13.6. The standard InChI is InChI=1S/C21H27BrN2O2.C3H8/c1-15-12-16(2)19(26-20(25)21(3,4)22)17(13-15)14-24(5)11-9-18-8-6-7-10-23-18;1-3-2/h6-8,10,12-13H,9,11,14H2,1-5H3;3H2,1-2H3. The summed E-state index contributed by atoms with van der Waals surface area (Å²) in [4.78, 5) is 18.9. The number of hydrogen-bond donors (Lipinski definition) is 0. The number of esters is 1. The third-order valence-corrected chi connectivity index (χ3v) is 4.42. The average Bonchev–Trinajstić information content (AvgIpc) is 2.63. The molecule has 0 saturated heterocycles. The topological polar surface area (TPSA) is 42.4 Å². The van der Waals surface area contributed by atoms with E-state index in [1.807, 2.05) is 37.4 Å². The number of carbonyl (C=O) groups excluding carboxylic acids is 1. The average molecular weight is 463 g/mol. The number of nitrogens with zero attached hydrogens (tertiary/aromatic N) is 2. The molecule has 160 valence electrons. The van der Waals surface area contributed by atoms with E-state index in [2.05, 4.69) is 59.7 Å². The lowest BCUT2D eigenvalue weighted by Gasteiger charge is -2.22. The summed E-state index contributed by atoms with van der Waals surface area (Å²) in [5, 5.41) is 0. The molecule has 0 saturated carbocycles. The summed E-state index contributed by atoms with van der Waals surface area (Å²) in [6, 6.07) is 10.1. The van der Waals surface area contributed by atoms with Crippen LogP contribution in [0, 0.1) is 13.8 Å². The predicted octanol–water partition coefficient (Wildman–Crippen LogP) is 5.87. The monoisotopic (exact) mass is 462 g/mol. The lowest BCUT2D eigenvalue weighted by molar-refractivity contribution is -0.136. The second kappa shape index (κ2) is 12.1. The highest BCUT2D eigenvalue weighted by atomic mass is 79.9. The van der Waals surface area contributed by atoms with Crippen LogP contribution < -0.4 is 4.74 Å². The van der Waals surface area contributed by atoms with Gasteiger partial charge in [0.1, 0.15) is 10.1 Å². The Balaban J connectivity index is 0.00000132. The second-order valence-electron chi connectivity index (χ2n) is 7.95. The van der Waals surface area contributed by atoms with Crippen LogP contribution in [0.5, 0.6) is 5.75 Å². The Labute approximate surface area is 184 Å². The number of halogens is 1. The highest BCUT2D eigenvalue weighted by Crippen LogP contribution is 2.29. The van der Waals surface area contributed by atoms with E-state index in [4.69, 9.17) is 4.74 Å². The van der Waals surface area contributed by atoms with Crippen LogP contribution in [-0.4, -0.2) is 33.8 Å². The molecule has 0 fully saturated rings. The number of likely N-dealkylation sites (N-methyl/N-ethyl adjacent to an activating group) is 1. The number of benzene rings is 1. The van der Waals surface area contributed by atoms with E-state index in [1.54, 1.807) is 13.8 Å². The van der Waals surface area contributed by atoms with Crippen LogP contribution in [0.15, 0.2) is 36.5 Å². The Bertz CT molecular complexity index is 770. The van der Waals surface area contributed by atoms with Crippen molar-refractivity contribution in [3.63, 3.8) is 0 Å². The SMILES string of the molecule is CCC.Cc1cc(C)c(OC(=O)C(C)(C)Br)c(CN(C)CCc2ccccn2)c1. The highest BCUT2D eigenvalue weighted by Gasteiger charge is 2.27. The van der Waals surface area contributed by atoms with Crippen molar-refractivity contribution in [3.8, 4) is 5.75 Å². The van der Waals surface area contributed by atoms with E-state index in [0.29, 0.717) is 12.3 Å². The van der Waals surface area contributed by atoms with Crippen molar-refractivity contribution in [2.45, 2.75) is 65.3 Å². The zero-order valence-corrected chi connectivity index (χ0v) is 20.5. The van der Waals surface area contributed by atoms with Gasteiger partial charge in [0.25, 0.3) is 0 Å². The molecule has 0 aliphatic carbocycles. The van der Waals surface area contributed by atoms with Gasteiger partial charge in [0, 0.05) is 37.0 Å². The maximum Gasteiger partial charge on any atom is 0.327 e. The molecular weight excluding hydrogens is 428 g/mol. The molecule has 5 heteroatoms. The minimum absolute atomic E-state index is 0.290. The second-order valence-corrected chi connectivity index (χ2v) is 9.93. The molecule has 0 aliphatic heterocycles. The van der Waals surface area contributed by atoms with Crippen molar-refractivity contribution in [1.82, 2.24) is 9.88 Å². The summed E-state index contributed by atoms with van der Waals surface area (Å²) in [6.45, 7) is 13.5. The van der Waals surface area contributed by atoms with Gasteiger partial charge in [0.2, 0.25) is 0 Å². The van der Waals surface area contributed by atoms with Gasteiger partial charge in [0.15, 0.2) is 0 Å². The Morgan fingerprint density at radius 3 is 2.41 bits per heavy atom. The number of hydrogen-bond acceptors (Lipinski definition) is 4. The van der Waals surface area contributed by atoms with E-state index in [-0.39, 0.29) is 5.97 Å². The first kappa shape index (κ1) is 25.3. The molecule has 0 bridgehead atoms. The van der Waals surface area contributed by atoms with Crippen LogP contribution in [0.4, 0.5) is 0 Å². The van der Waals surface area contributed by atoms with E-state index < -0.39 is 4.32 Å². The molecular formula is C24H35BrN2O2. The van der Waals surface area contributed by atoms with Crippen LogP contribution in [-0.2, 0) is 17.8 Å². The molecule has 0 atom stereocenters. The van der Waals surface area contributed by atoms with Crippen molar-refractivity contribution >= 4 is 21.9 Å². The third kappa shape index (κ3) is 9.09. The first-order valence-corrected chi connectivity index (χ1v) is 11.0. The normalized spacial score (nSPS) is 11.1. The van der Waals surface area contributed by atoms with Gasteiger partial charge in [-0.2, -0.15) is 0 Å². The molecule has 0 radical (unpaired) electrons. The van der Waals surface area contributed by atoms with E-state index in [1.165, 1.54) is 6.42 Å². The zero-order chi connectivity index (χ0) is 22.0. The first-order valence-electron chi connectivity index (χ1n) is 10.2. The van der Waals surface area contributed by atoms with Crippen molar-refractivity contribution in [3.05, 3.63) is 58.9 Å². The zero-order valence-electron chi connectivity index (χ0n) is 18.9.